The lowest BCUT2D eigenvalue weighted by molar-refractivity contribution is -0.130. The molecule has 20 heavy (non-hydrogen) atoms. The van der Waals surface area contributed by atoms with Crippen LogP contribution in [0.2, 0.25) is 0 Å². The van der Waals surface area contributed by atoms with E-state index < -0.39 is 0 Å². The number of nitrogens with zero attached hydrogens (tertiary/aromatic N) is 2. The van der Waals surface area contributed by atoms with Gasteiger partial charge in [0.1, 0.15) is 6.10 Å². The molecule has 1 spiro atoms. The zero-order valence-electron chi connectivity index (χ0n) is 11.7. The third-order valence-electron chi connectivity index (χ3n) is 4.07. The summed E-state index contributed by atoms with van der Waals surface area (Å²) in [6, 6.07) is 5.63. The first-order chi connectivity index (χ1) is 9.71. The monoisotopic (exact) mass is 276 g/mol. The van der Waals surface area contributed by atoms with Gasteiger partial charge in [0.05, 0.1) is 12.2 Å². The standard InChI is InChI=1S/C15H20N2O3/c1-2-14(18)17-8-6-15(11-17)9-12(10-19-15)20-13-5-3-4-7-16-13/h3-5,7,12H,2,6,8-11H2,1H3/t12-,15-/m1/s1. The van der Waals surface area contributed by atoms with Crippen LogP contribution >= 0.6 is 0 Å². The van der Waals surface area contributed by atoms with Crippen LogP contribution in [0, 0.1) is 0 Å². The number of likely N-dealkylation sites (tertiary alicyclic amines) is 1. The Kier molecular flexibility index (Phi) is 3.61. The Labute approximate surface area is 118 Å². The van der Waals surface area contributed by atoms with E-state index in [1.54, 1.807) is 6.20 Å². The molecule has 108 valence electrons. The molecule has 0 unspecified atom stereocenters. The number of hydrogen-bond acceptors (Lipinski definition) is 4. The Hall–Kier alpha value is -1.62. The van der Waals surface area contributed by atoms with Gasteiger partial charge in [-0.05, 0) is 12.5 Å². The van der Waals surface area contributed by atoms with E-state index in [2.05, 4.69) is 4.98 Å². The number of hydrogen-bond donors (Lipinski definition) is 0. The van der Waals surface area contributed by atoms with Crippen molar-refractivity contribution in [3.63, 3.8) is 0 Å². The van der Waals surface area contributed by atoms with Crippen molar-refractivity contribution >= 4 is 5.91 Å². The van der Waals surface area contributed by atoms with E-state index in [1.807, 2.05) is 30.0 Å². The molecule has 0 N–H and O–H groups in total. The predicted octanol–water partition coefficient (Wildman–Crippen LogP) is 1.63. The largest absolute Gasteiger partial charge is 0.472 e. The lowest BCUT2D eigenvalue weighted by Crippen LogP contribution is -2.35. The van der Waals surface area contributed by atoms with Gasteiger partial charge in [-0.2, -0.15) is 0 Å². The summed E-state index contributed by atoms with van der Waals surface area (Å²) < 4.78 is 11.8. The van der Waals surface area contributed by atoms with Gasteiger partial charge in [0.2, 0.25) is 11.8 Å². The van der Waals surface area contributed by atoms with Crippen LogP contribution in [0.15, 0.2) is 24.4 Å². The van der Waals surface area contributed by atoms with E-state index in [0.29, 0.717) is 25.5 Å². The lowest BCUT2D eigenvalue weighted by Gasteiger charge is -2.23. The molecule has 2 saturated heterocycles. The summed E-state index contributed by atoms with van der Waals surface area (Å²) in [6.07, 6.45) is 4.04. The van der Waals surface area contributed by atoms with E-state index >= 15 is 0 Å². The number of amides is 1. The van der Waals surface area contributed by atoms with Gasteiger partial charge in [-0.3, -0.25) is 4.79 Å². The minimum Gasteiger partial charge on any atom is -0.472 e. The second-order valence-corrected chi connectivity index (χ2v) is 5.52. The second kappa shape index (κ2) is 5.40. The number of ether oxygens (including phenoxy) is 2. The fraction of sp³-hybridized carbons (Fsp3) is 0.600. The van der Waals surface area contributed by atoms with Gasteiger partial charge in [0.25, 0.3) is 0 Å². The molecule has 5 heteroatoms. The van der Waals surface area contributed by atoms with E-state index in [4.69, 9.17) is 9.47 Å². The van der Waals surface area contributed by atoms with Crippen molar-refractivity contribution in [3.8, 4) is 5.88 Å². The zero-order valence-corrected chi connectivity index (χ0v) is 11.7. The molecule has 0 radical (unpaired) electrons. The topological polar surface area (TPSA) is 51.7 Å². The van der Waals surface area contributed by atoms with Crippen LogP contribution in [0.25, 0.3) is 0 Å². The molecule has 1 aromatic heterocycles. The SMILES string of the molecule is CCC(=O)N1CC[C@@]2(C[C@@H](Oc3ccccn3)CO2)C1. The first kappa shape index (κ1) is 13.4. The van der Waals surface area contributed by atoms with Gasteiger partial charge < -0.3 is 14.4 Å². The normalized spacial score (nSPS) is 29.1. The highest BCUT2D eigenvalue weighted by atomic mass is 16.6. The van der Waals surface area contributed by atoms with Crippen molar-refractivity contribution in [2.75, 3.05) is 19.7 Å². The van der Waals surface area contributed by atoms with Crippen LogP contribution in [-0.2, 0) is 9.53 Å². The smallest absolute Gasteiger partial charge is 0.222 e. The molecule has 2 aliphatic heterocycles. The molecular weight excluding hydrogens is 256 g/mol. The summed E-state index contributed by atoms with van der Waals surface area (Å²) in [5, 5.41) is 0. The van der Waals surface area contributed by atoms with E-state index in [-0.39, 0.29) is 17.6 Å². The lowest BCUT2D eigenvalue weighted by atomic mass is 9.98. The number of aromatic nitrogens is 1. The molecule has 2 fully saturated rings. The Morgan fingerprint density at radius 1 is 1.60 bits per heavy atom. The maximum atomic E-state index is 11.8. The van der Waals surface area contributed by atoms with Crippen molar-refractivity contribution in [1.82, 2.24) is 9.88 Å². The number of carbonyl (C=O) groups is 1. The highest BCUT2D eigenvalue weighted by Gasteiger charge is 2.47. The molecule has 1 aromatic rings. The highest BCUT2D eigenvalue weighted by Crippen LogP contribution is 2.36. The summed E-state index contributed by atoms with van der Waals surface area (Å²) in [4.78, 5) is 17.8. The summed E-state index contributed by atoms with van der Waals surface area (Å²) in [5.74, 6) is 0.845. The van der Waals surface area contributed by atoms with E-state index in [1.165, 1.54) is 0 Å². The molecular formula is C15H20N2O3. The molecule has 2 atom stereocenters. The van der Waals surface area contributed by atoms with Gasteiger partial charge in [-0.25, -0.2) is 4.98 Å². The Morgan fingerprint density at radius 2 is 2.50 bits per heavy atom. The highest BCUT2D eigenvalue weighted by molar-refractivity contribution is 5.76. The van der Waals surface area contributed by atoms with Crippen LogP contribution in [0.1, 0.15) is 26.2 Å². The van der Waals surface area contributed by atoms with Crippen molar-refractivity contribution in [2.45, 2.75) is 37.9 Å². The molecule has 3 heterocycles. The predicted molar refractivity (Wildman–Crippen MR) is 73.4 cm³/mol. The summed E-state index contributed by atoms with van der Waals surface area (Å²) in [6.45, 7) is 3.96. The van der Waals surface area contributed by atoms with Gasteiger partial charge in [-0.15, -0.1) is 0 Å². The first-order valence-corrected chi connectivity index (χ1v) is 7.20. The summed E-state index contributed by atoms with van der Waals surface area (Å²) in [5.41, 5.74) is -0.204. The number of carbonyl (C=O) groups excluding carboxylic acids is 1. The number of pyridine rings is 1. The maximum Gasteiger partial charge on any atom is 0.222 e. The fourth-order valence-electron chi connectivity index (χ4n) is 3.03. The van der Waals surface area contributed by atoms with E-state index in [0.717, 1.165) is 19.4 Å². The quantitative estimate of drug-likeness (QED) is 0.842. The Balaban J connectivity index is 1.58. The van der Waals surface area contributed by atoms with E-state index in [9.17, 15) is 4.79 Å². The van der Waals surface area contributed by atoms with Gasteiger partial charge in [0.15, 0.2) is 0 Å². The van der Waals surface area contributed by atoms with Gasteiger partial charge in [-0.1, -0.05) is 13.0 Å². The summed E-state index contributed by atoms with van der Waals surface area (Å²) >= 11 is 0. The minimum atomic E-state index is -0.204. The van der Waals surface area contributed by atoms with Crippen molar-refractivity contribution in [3.05, 3.63) is 24.4 Å². The van der Waals surface area contributed by atoms with Crippen molar-refractivity contribution < 1.29 is 14.3 Å². The van der Waals surface area contributed by atoms with Crippen LogP contribution < -0.4 is 4.74 Å². The van der Waals surface area contributed by atoms with Crippen LogP contribution in [-0.4, -0.2) is 47.2 Å². The molecule has 0 aliphatic carbocycles. The third kappa shape index (κ3) is 2.63. The zero-order chi connectivity index (χ0) is 14.0. The van der Waals surface area contributed by atoms with Gasteiger partial charge >= 0.3 is 0 Å². The van der Waals surface area contributed by atoms with Crippen molar-refractivity contribution in [2.24, 2.45) is 0 Å². The van der Waals surface area contributed by atoms with Gasteiger partial charge in [0, 0.05) is 38.2 Å². The minimum absolute atomic E-state index is 0.0292. The first-order valence-electron chi connectivity index (χ1n) is 7.20. The molecule has 5 nitrogen and oxygen atoms in total. The molecule has 1 amide bonds. The Morgan fingerprint density at radius 3 is 3.25 bits per heavy atom. The molecule has 0 bridgehead atoms. The average molecular weight is 276 g/mol. The average Bonchev–Trinajstić information content (AvgIpc) is 3.07. The third-order valence-corrected chi connectivity index (χ3v) is 4.07. The summed E-state index contributed by atoms with van der Waals surface area (Å²) in [7, 11) is 0. The molecule has 0 saturated carbocycles. The molecule has 2 aliphatic rings. The van der Waals surface area contributed by atoms with Crippen LogP contribution in [0.5, 0.6) is 5.88 Å². The number of rotatable bonds is 3. The van der Waals surface area contributed by atoms with Crippen LogP contribution in [0.3, 0.4) is 0 Å². The van der Waals surface area contributed by atoms with Crippen molar-refractivity contribution in [1.29, 1.82) is 0 Å². The fourth-order valence-corrected chi connectivity index (χ4v) is 3.03. The molecule has 3 rings (SSSR count). The molecule has 0 aromatic carbocycles. The second-order valence-electron chi connectivity index (χ2n) is 5.52. The Bertz CT molecular complexity index is 479. The van der Waals surface area contributed by atoms with Crippen LogP contribution in [0.4, 0.5) is 0 Å². The maximum absolute atomic E-state index is 11.8.